The Balaban J connectivity index is 1.45. The van der Waals surface area contributed by atoms with Crippen molar-refractivity contribution in [3.05, 3.63) is 63.7 Å². The van der Waals surface area contributed by atoms with Gasteiger partial charge >= 0.3 is 0 Å². The Bertz CT molecular complexity index is 1140. The smallest absolute Gasteiger partial charge is 0.294 e. The molecule has 0 aromatic heterocycles. The first-order valence-corrected chi connectivity index (χ1v) is 15.4. The quantitative estimate of drug-likeness (QED) is 0.140. The third-order valence-electron chi connectivity index (χ3n) is 7.80. The molecule has 0 saturated carbocycles. The molecule has 12 heteroatoms. The predicted octanol–water partition coefficient (Wildman–Crippen LogP) is 3.98. The Kier molecular flexibility index (Phi) is 13.8. The van der Waals surface area contributed by atoms with E-state index >= 15 is 0 Å². The number of ether oxygens (including phenoxy) is 6. The molecule has 2 aliphatic heterocycles. The summed E-state index contributed by atoms with van der Waals surface area (Å²) in [6.07, 6.45) is 1.64. The number of rotatable bonds is 19. The largest absolute Gasteiger partial charge is 0.494 e. The van der Waals surface area contributed by atoms with Gasteiger partial charge in [-0.2, -0.15) is 0 Å². The van der Waals surface area contributed by atoms with Gasteiger partial charge in [0.25, 0.3) is 5.09 Å². The second-order valence-corrected chi connectivity index (χ2v) is 11.1. The van der Waals surface area contributed by atoms with E-state index in [-0.39, 0.29) is 24.7 Å². The number of benzene rings is 2. The summed E-state index contributed by atoms with van der Waals surface area (Å²) >= 11 is 0. The van der Waals surface area contributed by atoms with Crippen molar-refractivity contribution in [1.82, 2.24) is 5.32 Å². The minimum absolute atomic E-state index is 0.0863. The molecule has 4 rings (SSSR count). The highest BCUT2D eigenvalue weighted by Crippen LogP contribution is 2.35. The van der Waals surface area contributed by atoms with Crippen LogP contribution in [-0.2, 0) is 30.4 Å². The van der Waals surface area contributed by atoms with Crippen molar-refractivity contribution < 1.29 is 38.3 Å². The van der Waals surface area contributed by atoms with E-state index < -0.39 is 11.2 Å². The van der Waals surface area contributed by atoms with Crippen molar-refractivity contribution in [2.24, 2.45) is 0 Å². The predicted molar refractivity (Wildman–Crippen MR) is 165 cm³/mol. The van der Waals surface area contributed by atoms with Gasteiger partial charge in [-0.3, -0.25) is 0 Å². The van der Waals surface area contributed by atoms with Crippen LogP contribution < -0.4 is 19.7 Å². The number of fused-ring (bicyclic) bond motifs is 1. The van der Waals surface area contributed by atoms with Gasteiger partial charge in [-0.25, -0.2) is 0 Å². The molecule has 1 fully saturated rings. The molecule has 2 aromatic carbocycles. The fourth-order valence-corrected chi connectivity index (χ4v) is 5.62. The maximum absolute atomic E-state index is 10.8. The minimum Gasteiger partial charge on any atom is -0.494 e. The van der Waals surface area contributed by atoms with E-state index in [0.717, 1.165) is 67.3 Å². The summed E-state index contributed by atoms with van der Waals surface area (Å²) in [5.41, 5.74) is 3.18. The SMILES string of the molecule is COCCCCOc1ccc([C@@H]2[C@@H](OCc3ccc4c(c3)N(CCCOC)CCO4)CNC[C@H]2OCC(C)O[N+](=O)[O-])cc1. The van der Waals surface area contributed by atoms with Crippen LogP contribution in [0.4, 0.5) is 5.69 Å². The van der Waals surface area contributed by atoms with E-state index in [4.69, 9.17) is 28.4 Å². The van der Waals surface area contributed by atoms with Crippen LogP contribution >= 0.6 is 0 Å². The van der Waals surface area contributed by atoms with E-state index in [0.29, 0.717) is 39.5 Å². The Morgan fingerprint density at radius 1 is 1.00 bits per heavy atom. The van der Waals surface area contributed by atoms with Gasteiger partial charge in [0, 0.05) is 53.0 Å². The Hall–Kier alpha value is -3.16. The summed E-state index contributed by atoms with van der Waals surface area (Å²) in [6.45, 7) is 7.80. The van der Waals surface area contributed by atoms with Crippen molar-refractivity contribution in [2.45, 2.75) is 57.0 Å². The molecule has 0 bridgehead atoms. The maximum Gasteiger partial charge on any atom is 0.294 e. The summed E-state index contributed by atoms with van der Waals surface area (Å²) < 4.78 is 35.0. The van der Waals surface area contributed by atoms with E-state index in [1.54, 1.807) is 21.1 Å². The van der Waals surface area contributed by atoms with Gasteiger partial charge in [0.1, 0.15) is 24.2 Å². The molecule has 12 nitrogen and oxygen atoms in total. The zero-order valence-electron chi connectivity index (χ0n) is 26.1. The first kappa shape index (κ1) is 33.7. The van der Waals surface area contributed by atoms with Crippen molar-refractivity contribution >= 4 is 5.69 Å². The minimum atomic E-state index is -0.785. The molecule has 2 aromatic rings. The van der Waals surface area contributed by atoms with Crippen molar-refractivity contribution in [2.75, 3.05) is 78.3 Å². The number of nitrogens with zero attached hydrogens (tertiary/aromatic N) is 2. The van der Waals surface area contributed by atoms with Crippen LogP contribution in [0.1, 0.15) is 43.2 Å². The lowest BCUT2D eigenvalue weighted by molar-refractivity contribution is -0.768. The highest BCUT2D eigenvalue weighted by Gasteiger charge is 2.36. The van der Waals surface area contributed by atoms with Crippen molar-refractivity contribution in [1.29, 1.82) is 0 Å². The number of methoxy groups -OCH3 is 2. The van der Waals surface area contributed by atoms with Crippen LogP contribution in [-0.4, -0.2) is 96.8 Å². The molecule has 0 spiro atoms. The third-order valence-corrected chi connectivity index (χ3v) is 7.80. The van der Waals surface area contributed by atoms with Crippen LogP contribution in [0.25, 0.3) is 0 Å². The third kappa shape index (κ3) is 10.2. The maximum atomic E-state index is 10.8. The summed E-state index contributed by atoms with van der Waals surface area (Å²) in [4.78, 5) is 17.8. The highest BCUT2D eigenvalue weighted by atomic mass is 17.0. The van der Waals surface area contributed by atoms with Crippen molar-refractivity contribution in [3.8, 4) is 11.5 Å². The molecule has 2 heterocycles. The Morgan fingerprint density at radius 2 is 1.73 bits per heavy atom. The molecule has 1 unspecified atom stereocenters. The van der Waals surface area contributed by atoms with E-state index in [9.17, 15) is 10.1 Å². The lowest BCUT2D eigenvalue weighted by Gasteiger charge is -2.39. The van der Waals surface area contributed by atoms with Crippen LogP contribution in [0.2, 0.25) is 0 Å². The van der Waals surface area contributed by atoms with Gasteiger partial charge in [-0.1, -0.05) is 18.2 Å². The van der Waals surface area contributed by atoms with Crippen LogP contribution in [0.15, 0.2) is 42.5 Å². The first-order chi connectivity index (χ1) is 21.5. The summed E-state index contributed by atoms with van der Waals surface area (Å²) in [5, 5.41) is 13.5. The zero-order chi connectivity index (χ0) is 31.1. The van der Waals surface area contributed by atoms with Gasteiger partial charge in [0.05, 0.1) is 44.3 Å². The number of nitrogens with one attached hydrogen (secondary N) is 1. The molecular formula is C32H47N3O9. The van der Waals surface area contributed by atoms with Crippen LogP contribution in [0.5, 0.6) is 11.5 Å². The average molecular weight is 618 g/mol. The number of unbranched alkanes of at least 4 members (excludes halogenated alkanes) is 1. The molecule has 0 amide bonds. The topological polar surface area (TPSA) is 123 Å². The van der Waals surface area contributed by atoms with Crippen LogP contribution in [0, 0.1) is 10.1 Å². The fraction of sp³-hybridized carbons (Fsp3) is 0.625. The van der Waals surface area contributed by atoms with Crippen molar-refractivity contribution in [3.63, 3.8) is 0 Å². The lowest BCUT2D eigenvalue weighted by Crippen LogP contribution is -2.51. The Morgan fingerprint density at radius 3 is 2.48 bits per heavy atom. The number of piperidine rings is 1. The number of hydrogen-bond acceptors (Lipinski definition) is 11. The molecular weight excluding hydrogens is 570 g/mol. The van der Waals surface area contributed by atoms with E-state index in [1.807, 2.05) is 24.3 Å². The standard InChI is InChI=1S/C32H47N3O9/c1-24(44-35(36)37)22-42-30-20-33-21-31(32(30)26-8-10-27(11-9-26)40-17-5-4-15-38-2)43-23-25-7-12-29-28(19-25)34(14-18-41-29)13-6-16-39-3/h7-12,19,24,30-33H,4-6,13-18,20-23H2,1-3H3/t24?,30-,31+,32+/m1/s1. The fourth-order valence-electron chi connectivity index (χ4n) is 5.62. The second kappa shape index (κ2) is 18.0. The van der Waals surface area contributed by atoms with Gasteiger partial charge in [0.2, 0.25) is 0 Å². The highest BCUT2D eigenvalue weighted by molar-refractivity contribution is 5.61. The average Bonchev–Trinajstić information content (AvgIpc) is 3.03. The first-order valence-electron chi connectivity index (χ1n) is 15.4. The summed E-state index contributed by atoms with van der Waals surface area (Å²) in [5.74, 6) is 1.57. The van der Waals surface area contributed by atoms with E-state index in [2.05, 4.69) is 33.3 Å². The van der Waals surface area contributed by atoms with Gasteiger partial charge < -0.3 is 43.5 Å². The molecule has 44 heavy (non-hydrogen) atoms. The molecule has 1 N–H and O–H groups in total. The monoisotopic (exact) mass is 617 g/mol. The summed E-state index contributed by atoms with van der Waals surface area (Å²) in [6, 6.07) is 14.3. The normalized spacial score (nSPS) is 20.4. The zero-order valence-corrected chi connectivity index (χ0v) is 26.1. The molecule has 0 aliphatic carbocycles. The number of hydrogen-bond donors (Lipinski definition) is 1. The molecule has 2 aliphatic rings. The molecule has 4 atom stereocenters. The van der Waals surface area contributed by atoms with E-state index in [1.165, 1.54) is 0 Å². The summed E-state index contributed by atoms with van der Waals surface area (Å²) in [7, 11) is 3.42. The molecule has 0 radical (unpaired) electrons. The van der Waals surface area contributed by atoms with Gasteiger partial charge in [-0.15, -0.1) is 10.1 Å². The Labute approximate surface area is 259 Å². The number of anilines is 1. The second-order valence-electron chi connectivity index (χ2n) is 11.1. The molecule has 244 valence electrons. The van der Waals surface area contributed by atoms with Gasteiger partial charge in [0.15, 0.2) is 0 Å². The van der Waals surface area contributed by atoms with Gasteiger partial charge in [-0.05, 0) is 61.6 Å². The lowest BCUT2D eigenvalue weighted by atomic mass is 9.85. The molecule has 1 saturated heterocycles. The van der Waals surface area contributed by atoms with Crippen LogP contribution in [0.3, 0.4) is 0 Å².